The molecule has 0 saturated heterocycles. The van der Waals surface area contributed by atoms with Gasteiger partial charge in [0, 0.05) is 24.9 Å². The molecule has 98 valence electrons. The number of anilines is 2. The number of aliphatic hydroxyl groups excluding tert-OH is 1. The zero-order valence-corrected chi connectivity index (χ0v) is 10.6. The number of carbonyl (C=O) groups is 1. The number of amides is 1. The maximum absolute atomic E-state index is 12.3. The molecule has 0 radical (unpaired) electrons. The zero-order chi connectivity index (χ0) is 13.3. The van der Waals surface area contributed by atoms with Gasteiger partial charge in [-0.2, -0.15) is 0 Å². The second-order valence-corrected chi connectivity index (χ2v) is 4.87. The lowest BCUT2D eigenvalue weighted by Gasteiger charge is -2.38. The maximum atomic E-state index is 12.3. The normalized spacial score (nSPS) is 17.3. The van der Waals surface area contributed by atoms with Gasteiger partial charge < -0.3 is 20.5 Å². The molecule has 0 atom stereocenters. The van der Waals surface area contributed by atoms with Gasteiger partial charge in [0.25, 0.3) is 5.91 Å². The first-order valence-electron chi connectivity index (χ1n) is 5.97. The number of aliphatic hydroxyl groups is 1. The fourth-order valence-electron chi connectivity index (χ4n) is 2.04. The molecule has 1 aliphatic heterocycles. The standard InChI is InChI=1S/C13H18N2O3/c1-13(2)12(17)15(6-3-7-16)10-5-4-9(14)8-11(10)18-13/h4-5,8,16H,3,6-7,14H2,1-2H3. The molecule has 0 spiro atoms. The van der Waals surface area contributed by atoms with Gasteiger partial charge in [-0.3, -0.25) is 4.79 Å². The van der Waals surface area contributed by atoms with Crippen LogP contribution in [-0.2, 0) is 4.79 Å². The Labute approximate surface area is 106 Å². The SMILES string of the molecule is CC1(C)Oc2cc(N)ccc2N(CCCO)C1=O. The molecule has 0 fully saturated rings. The summed E-state index contributed by atoms with van der Waals surface area (Å²) >= 11 is 0. The van der Waals surface area contributed by atoms with Crippen LogP contribution in [0, 0.1) is 0 Å². The number of fused-ring (bicyclic) bond motifs is 1. The van der Waals surface area contributed by atoms with Crippen LogP contribution in [0.25, 0.3) is 0 Å². The Morgan fingerprint density at radius 1 is 1.44 bits per heavy atom. The number of hydrogen-bond donors (Lipinski definition) is 2. The number of ether oxygens (including phenoxy) is 1. The van der Waals surface area contributed by atoms with Crippen molar-refractivity contribution in [2.24, 2.45) is 0 Å². The van der Waals surface area contributed by atoms with Gasteiger partial charge in [-0.25, -0.2) is 0 Å². The lowest BCUT2D eigenvalue weighted by atomic mass is 10.0. The van der Waals surface area contributed by atoms with Crippen LogP contribution in [0.5, 0.6) is 5.75 Å². The molecule has 1 amide bonds. The largest absolute Gasteiger partial charge is 0.476 e. The molecule has 1 aromatic rings. The fraction of sp³-hybridized carbons (Fsp3) is 0.462. The Morgan fingerprint density at radius 2 is 2.17 bits per heavy atom. The van der Waals surface area contributed by atoms with E-state index in [1.807, 2.05) is 0 Å². The van der Waals surface area contributed by atoms with E-state index < -0.39 is 5.60 Å². The molecular weight excluding hydrogens is 232 g/mol. The Kier molecular flexibility index (Phi) is 3.17. The minimum absolute atomic E-state index is 0.0510. The lowest BCUT2D eigenvalue weighted by molar-refractivity contribution is -0.132. The highest BCUT2D eigenvalue weighted by Gasteiger charge is 2.40. The van der Waals surface area contributed by atoms with Crippen LogP contribution < -0.4 is 15.4 Å². The van der Waals surface area contributed by atoms with Gasteiger partial charge in [0.15, 0.2) is 5.60 Å². The summed E-state index contributed by atoms with van der Waals surface area (Å²) in [7, 11) is 0. The number of nitrogens with zero attached hydrogens (tertiary/aromatic N) is 1. The van der Waals surface area contributed by atoms with E-state index in [2.05, 4.69) is 0 Å². The van der Waals surface area contributed by atoms with Gasteiger partial charge in [0.05, 0.1) is 5.69 Å². The monoisotopic (exact) mass is 250 g/mol. The first-order valence-corrected chi connectivity index (χ1v) is 5.97. The van der Waals surface area contributed by atoms with Crippen molar-refractivity contribution in [3.05, 3.63) is 18.2 Å². The van der Waals surface area contributed by atoms with Crippen LogP contribution in [0.3, 0.4) is 0 Å². The number of rotatable bonds is 3. The van der Waals surface area contributed by atoms with E-state index in [4.69, 9.17) is 15.6 Å². The van der Waals surface area contributed by atoms with E-state index in [-0.39, 0.29) is 12.5 Å². The summed E-state index contributed by atoms with van der Waals surface area (Å²) in [5, 5.41) is 8.92. The molecule has 5 heteroatoms. The maximum Gasteiger partial charge on any atom is 0.270 e. The van der Waals surface area contributed by atoms with Gasteiger partial charge in [-0.1, -0.05) is 0 Å². The van der Waals surface area contributed by atoms with E-state index in [9.17, 15) is 4.79 Å². The molecule has 2 rings (SSSR count). The first-order chi connectivity index (χ1) is 8.45. The second-order valence-electron chi connectivity index (χ2n) is 4.87. The Bertz CT molecular complexity index is 471. The topological polar surface area (TPSA) is 75.8 Å². The molecule has 18 heavy (non-hydrogen) atoms. The molecule has 0 unspecified atom stereocenters. The van der Waals surface area contributed by atoms with E-state index in [1.54, 1.807) is 36.9 Å². The van der Waals surface area contributed by atoms with Crippen LogP contribution >= 0.6 is 0 Å². The Balaban J connectivity index is 2.42. The third-order valence-electron chi connectivity index (χ3n) is 2.94. The van der Waals surface area contributed by atoms with Crippen molar-refractivity contribution in [3.8, 4) is 5.75 Å². The smallest absolute Gasteiger partial charge is 0.270 e. The van der Waals surface area contributed by atoms with Crippen LogP contribution in [-0.4, -0.2) is 29.8 Å². The van der Waals surface area contributed by atoms with Crippen LogP contribution in [0.2, 0.25) is 0 Å². The molecule has 1 aliphatic rings. The molecule has 3 N–H and O–H groups in total. The van der Waals surface area contributed by atoms with Crippen molar-refractivity contribution in [2.75, 3.05) is 23.8 Å². The summed E-state index contributed by atoms with van der Waals surface area (Å²) in [6.45, 7) is 3.98. The van der Waals surface area contributed by atoms with Gasteiger partial charge >= 0.3 is 0 Å². The summed E-state index contributed by atoms with van der Waals surface area (Å²) in [4.78, 5) is 13.9. The van der Waals surface area contributed by atoms with Gasteiger partial charge in [0.1, 0.15) is 5.75 Å². The van der Waals surface area contributed by atoms with E-state index in [0.29, 0.717) is 30.1 Å². The number of carbonyl (C=O) groups excluding carboxylic acids is 1. The van der Waals surface area contributed by atoms with Crippen molar-refractivity contribution in [1.82, 2.24) is 0 Å². The number of nitrogen functional groups attached to an aromatic ring is 1. The third-order valence-corrected chi connectivity index (χ3v) is 2.94. The number of nitrogens with two attached hydrogens (primary N) is 1. The molecule has 0 bridgehead atoms. The fourth-order valence-corrected chi connectivity index (χ4v) is 2.04. The van der Waals surface area contributed by atoms with Gasteiger partial charge in [-0.05, 0) is 32.4 Å². The Morgan fingerprint density at radius 3 is 2.83 bits per heavy atom. The quantitative estimate of drug-likeness (QED) is 0.789. The molecule has 0 aliphatic carbocycles. The zero-order valence-electron chi connectivity index (χ0n) is 10.6. The van der Waals surface area contributed by atoms with Crippen LogP contribution in [0.15, 0.2) is 18.2 Å². The summed E-state index contributed by atoms with van der Waals surface area (Å²) in [5.41, 5.74) is 6.13. The second kappa shape index (κ2) is 4.49. The molecule has 5 nitrogen and oxygen atoms in total. The van der Waals surface area contributed by atoms with E-state index >= 15 is 0 Å². The lowest BCUT2D eigenvalue weighted by Crippen LogP contribution is -2.52. The third kappa shape index (κ3) is 2.13. The van der Waals surface area contributed by atoms with Crippen LogP contribution in [0.4, 0.5) is 11.4 Å². The van der Waals surface area contributed by atoms with Crippen molar-refractivity contribution in [1.29, 1.82) is 0 Å². The van der Waals surface area contributed by atoms with Crippen molar-refractivity contribution in [3.63, 3.8) is 0 Å². The predicted octanol–water partition coefficient (Wildman–Crippen LogP) is 1.16. The van der Waals surface area contributed by atoms with Crippen molar-refractivity contribution >= 4 is 17.3 Å². The number of benzene rings is 1. The summed E-state index contributed by atoms with van der Waals surface area (Å²) in [6.07, 6.45) is 0.533. The Hall–Kier alpha value is -1.75. The summed E-state index contributed by atoms with van der Waals surface area (Å²) in [6, 6.07) is 5.23. The predicted molar refractivity (Wildman–Crippen MR) is 69.6 cm³/mol. The average molecular weight is 250 g/mol. The van der Waals surface area contributed by atoms with Gasteiger partial charge in [-0.15, -0.1) is 0 Å². The van der Waals surface area contributed by atoms with Crippen LogP contribution in [0.1, 0.15) is 20.3 Å². The average Bonchev–Trinajstić information content (AvgIpc) is 2.29. The molecule has 0 saturated carbocycles. The van der Waals surface area contributed by atoms with Crippen molar-refractivity contribution < 1.29 is 14.6 Å². The molecule has 0 aromatic heterocycles. The number of hydrogen-bond acceptors (Lipinski definition) is 4. The summed E-state index contributed by atoms with van der Waals surface area (Å²) < 4.78 is 5.69. The first kappa shape index (κ1) is 12.7. The molecular formula is C13H18N2O3. The van der Waals surface area contributed by atoms with Gasteiger partial charge in [0.2, 0.25) is 0 Å². The molecule has 1 aromatic carbocycles. The highest BCUT2D eigenvalue weighted by atomic mass is 16.5. The molecule has 1 heterocycles. The minimum atomic E-state index is -0.906. The minimum Gasteiger partial charge on any atom is -0.476 e. The highest BCUT2D eigenvalue weighted by molar-refractivity contribution is 6.02. The summed E-state index contributed by atoms with van der Waals surface area (Å²) in [5.74, 6) is 0.505. The van der Waals surface area contributed by atoms with E-state index in [1.165, 1.54) is 0 Å². The highest BCUT2D eigenvalue weighted by Crippen LogP contribution is 2.38. The van der Waals surface area contributed by atoms with E-state index in [0.717, 1.165) is 0 Å². The van der Waals surface area contributed by atoms with Crippen molar-refractivity contribution in [2.45, 2.75) is 25.9 Å².